The number of nitrogens with one attached hydrogen (secondary N) is 1. The van der Waals surface area contributed by atoms with E-state index in [-0.39, 0.29) is 12.1 Å². The van der Waals surface area contributed by atoms with E-state index in [1.807, 2.05) is 11.9 Å². The minimum atomic E-state index is 0.0494. The maximum Gasteiger partial charge on any atom is 0.317 e. The van der Waals surface area contributed by atoms with Crippen molar-refractivity contribution in [1.29, 1.82) is 0 Å². The molecule has 0 aromatic carbocycles. The first-order valence-corrected chi connectivity index (χ1v) is 6.93. The van der Waals surface area contributed by atoms with Crippen molar-refractivity contribution in [3.8, 4) is 0 Å². The molecule has 0 radical (unpaired) electrons. The molecule has 5 nitrogen and oxygen atoms in total. The summed E-state index contributed by atoms with van der Waals surface area (Å²) < 4.78 is 10.6. The molecule has 2 aliphatic heterocycles. The smallest absolute Gasteiger partial charge is 0.317 e. The van der Waals surface area contributed by atoms with Gasteiger partial charge >= 0.3 is 6.03 Å². The number of amides is 2. The Morgan fingerprint density at radius 1 is 1.11 bits per heavy atom. The van der Waals surface area contributed by atoms with E-state index in [2.05, 4.69) is 5.32 Å². The summed E-state index contributed by atoms with van der Waals surface area (Å²) >= 11 is 0. The Bertz CT molecular complexity index is 261. The standard InChI is InChI=1S/C13H24N2O3/c1-15(10-11-2-6-17-7-3-11)13(16)14-12-4-8-18-9-5-12/h11-12H,2-10H2,1H3,(H,14,16). The number of hydrogen-bond donors (Lipinski definition) is 1. The molecule has 5 heteroatoms. The summed E-state index contributed by atoms with van der Waals surface area (Å²) in [6.45, 7) is 4.02. The highest BCUT2D eigenvalue weighted by atomic mass is 16.5. The van der Waals surface area contributed by atoms with Gasteiger partial charge in [0.15, 0.2) is 0 Å². The lowest BCUT2D eigenvalue weighted by Gasteiger charge is -2.30. The molecule has 0 aliphatic carbocycles. The number of ether oxygens (including phenoxy) is 2. The summed E-state index contributed by atoms with van der Waals surface area (Å²) in [6.07, 6.45) is 3.98. The molecular weight excluding hydrogens is 232 g/mol. The van der Waals surface area contributed by atoms with Crippen molar-refractivity contribution in [2.75, 3.05) is 40.0 Å². The first-order chi connectivity index (χ1) is 8.75. The highest BCUT2D eigenvalue weighted by molar-refractivity contribution is 5.74. The Kier molecular flexibility index (Phi) is 5.26. The van der Waals surface area contributed by atoms with Crippen LogP contribution in [0.3, 0.4) is 0 Å². The molecule has 2 amide bonds. The van der Waals surface area contributed by atoms with Gasteiger partial charge in [0.1, 0.15) is 0 Å². The van der Waals surface area contributed by atoms with E-state index >= 15 is 0 Å². The summed E-state index contributed by atoms with van der Waals surface area (Å²) in [7, 11) is 1.88. The highest BCUT2D eigenvalue weighted by Crippen LogP contribution is 2.15. The van der Waals surface area contributed by atoms with Crippen molar-refractivity contribution in [1.82, 2.24) is 10.2 Å². The van der Waals surface area contributed by atoms with Crippen LogP contribution in [0.4, 0.5) is 4.79 Å². The van der Waals surface area contributed by atoms with E-state index in [4.69, 9.17) is 9.47 Å². The first-order valence-electron chi connectivity index (χ1n) is 6.93. The van der Waals surface area contributed by atoms with Gasteiger partial charge in [0.05, 0.1) is 0 Å². The quantitative estimate of drug-likeness (QED) is 0.826. The minimum absolute atomic E-state index is 0.0494. The van der Waals surface area contributed by atoms with E-state index in [1.165, 1.54) is 0 Å². The predicted molar refractivity (Wildman–Crippen MR) is 68.5 cm³/mol. The Labute approximate surface area is 109 Å². The highest BCUT2D eigenvalue weighted by Gasteiger charge is 2.21. The third-order valence-electron chi connectivity index (χ3n) is 3.77. The zero-order chi connectivity index (χ0) is 12.8. The Morgan fingerprint density at radius 3 is 2.28 bits per heavy atom. The molecule has 18 heavy (non-hydrogen) atoms. The van der Waals surface area contributed by atoms with Gasteiger partial charge in [-0.25, -0.2) is 4.79 Å². The van der Waals surface area contributed by atoms with Gasteiger partial charge in [-0.1, -0.05) is 0 Å². The van der Waals surface area contributed by atoms with Gasteiger partial charge in [-0.2, -0.15) is 0 Å². The number of nitrogens with zero attached hydrogens (tertiary/aromatic N) is 1. The Hall–Kier alpha value is -0.810. The Balaban J connectivity index is 1.69. The average molecular weight is 256 g/mol. The first kappa shape index (κ1) is 13.6. The van der Waals surface area contributed by atoms with Crippen LogP contribution in [0.25, 0.3) is 0 Å². The van der Waals surface area contributed by atoms with Crippen LogP contribution in [0.5, 0.6) is 0 Å². The maximum atomic E-state index is 12.0. The summed E-state index contributed by atoms with van der Waals surface area (Å²) in [5.74, 6) is 0.587. The normalized spacial score (nSPS) is 22.7. The van der Waals surface area contributed by atoms with Gasteiger partial charge in [-0.05, 0) is 31.6 Å². The summed E-state index contributed by atoms with van der Waals surface area (Å²) in [5, 5.41) is 3.08. The lowest BCUT2D eigenvalue weighted by Crippen LogP contribution is -2.46. The third kappa shape index (κ3) is 4.14. The second-order valence-corrected chi connectivity index (χ2v) is 5.27. The molecule has 0 unspecified atom stereocenters. The van der Waals surface area contributed by atoms with Gasteiger partial charge in [-0.15, -0.1) is 0 Å². The van der Waals surface area contributed by atoms with E-state index < -0.39 is 0 Å². The molecule has 2 heterocycles. The van der Waals surface area contributed by atoms with Crippen LogP contribution >= 0.6 is 0 Å². The minimum Gasteiger partial charge on any atom is -0.381 e. The SMILES string of the molecule is CN(CC1CCOCC1)C(=O)NC1CCOCC1. The Morgan fingerprint density at radius 2 is 1.67 bits per heavy atom. The van der Waals surface area contributed by atoms with Crippen molar-refractivity contribution >= 4 is 6.03 Å². The van der Waals surface area contributed by atoms with Gasteiger partial charge in [0, 0.05) is 46.1 Å². The van der Waals surface area contributed by atoms with Crippen molar-refractivity contribution < 1.29 is 14.3 Å². The lowest BCUT2D eigenvalue weighted by atomic mass is 10.00. The van der Waals surface area contributed by atoms with Crippen molar-refractivity contribution in [2.45, 2.75) is 31.7 Å². The van der Waals surface area contributed by atoms with Gasteiger partial charge in [0.2, 0.25) is 0 Å². The fraction of sp³-hybridized carbons (Fsp3) is 0.923. The molecule has 2 aliphatic rings. The number of rotatable bonds is 3. The molecule has 0 aromatic rings. The predicted octanol–water partition coefficient (Wildman–Crippen LogP) is 1.23. The van der Waals surface area contributed by atoms with Crippen LogP contribution in [0.15, 0.2) is 0 Å². The van der Waals surface area contributed by atoms with Crippen LogP contribution in [0.1, 0.15) is 25.7 Å². The maximum absolute atomic E-state index is 12.0. The summed E-state index contributed by atoms with van der Waals surface area (Å²) in [5.41, 5.74) is 0. The van der Waals surface area contributed by atoms with Crippen LogP contribution in [-0.4, -0.2) is 57.0 Å². The third-order valence-corrected chi connectivity index (χ3v) is 3.77. The number of carbonyl (C=O) groups excluding carboxylic acids is 1. The molecule has 2 rings (SSSR count). The average Bonchev–Trinajstić information content (AvgIpc) is 2.41. The van der Waals surface area contributed by atoms with E-state index in [0.29, 0.717) is 5.92 Å². The summed E-state index contributed by atoms with van der Waals surface area (Å²) in [4.78, 5) is 13.8. The molecular formula is C13H24N2O3. The topological polar surface area (TPSA) is 50.8 Å². The molecule has 0 atom stereocenters. The molecule has 104 valence electrons. The fourth-order valence-electron chi connectivity index (χ4n) is 2.53. The van der Waals surface area contributed by atoms with Crippen molar-refractivity contribution in [3.63, 3.8) is 0 Å². The lowest BCUT2D eigenvalue weighted by molar-refractivity contribution is 0.0570. The fourth-order valence-corrected chi connectivity index (χ4v) is 2.53. The molecule has 0 aromatic heterocycles. The van der Waals surface area contributed by atoms with E-state index in [1.54, 1.807) is 0 Å². The van der Waals surface area contributed by atoms with Gasteiger partial charge in [0.25, 0.3) is 0 Å². The number of carbonyl (C=O) groups is 1. The second-order valence-electron chi connectivity index (χ2n) is 5.27. The molecule has 2 fully saturated rings. The largest absolute Gasteiger partial charge is 0.381 e. The molecule has 2 saturated heterocycles. The molecule has 0 bridgehead atoms. The van der Waals surface area contributed by atoms with E-state index in [0.717, 1.165) is 58.7 Å². The zero-order valence-corrected chi connectivity index (χ0v) is 11.2. The molecule has 0 saturated carbocycles. The summed E-state index contributed by atoms with van der Waals surface area (Å²) in [6, 6.07) is 0.330. The van der Waals surface area contributed by atoms with Gasteiger partial charge in [-0.3, -0.25) is 0 Å². The van der Waals surface area contributed by atoms with Crippen LogP contribution in [0.2, 0.25) is 0 Å². The van der Waals surface area contributed by atoms with E-state index in [9.17, 15) is 4.79 Å². The second kappa shape index (κ2) is 6.95. The van der Waals surface area contributed by atoms with Gasteiger partial charge < -0.3 is 19.7 Å². The van der Waals surface area contributed by atoms with Crippen molar-refractivity contribution in [2.24, 2.45) is 5.92 Å². The molecule has 1 N–H and O–H groups in total. The van der Waals surface area contributed by atoms with Crippen LogP contribution in [0, 0.1) is 5.92 Å². The number of hydrogen-bond acceptors (Lipinski definition) is 3. The zero-order valence-electron chi connectivity index (χ0n) is 11.2. The van der Waals surface area contributed by atoms with Crippen LogP contribution in [-0.2, 0) is 9.47 Å². The monoisotopic (exact) mass is 256 g/mol. The van der Waals surface area contributed by atoms with Crippen molar-refractivity contribution in [3.05, 3.63) is 0 Å². The molecule has 0 spiro atoms. The van der Waals surface area contributed by atoms with Crippen LogP contribution < -0.4 is 5.32 Å². The number of urea groups is 1.